The molecule has 4 rings (SSSR count). The second-order valence-corrected chi connectivity index (χ2v) is 10.6. The van der Waals surface area contributed by atoms with Crippen LogP contribution in [0.4, 0.5) is 13.2 Å². The Morgan fingerprint density at radius 1 is 0.629 bits per heavy atom. The Morgan fingerprint density at radius 2 is 1.14 bits per heavy atom. The molecule has 1 saturated carbocycles. The first-order valence-corrected chi connectivity index (χ1v) is 13.2. The lowest BCUT2D eigenvalue weighted by atomic mass is 9.77. The number of hydrogen-bond acceptors (Lipinski definition) is 0. The molecule has 1 fully saturated rings. The maximum absolute atomic E-state index is 14.7. The van der Waals surface area contributed by atoms with E-state index in [9.17, 15) is 13.2 Å². The number of hydrogen-bond donors (Lipinski definition) is 0. The van der Waals surface area contributed by atoms with E-state index in [2.05, 4.69) is 31.2 Å². The van der Waals surface area contributed by atoms with Crippen molar-refractivity contribution in [3.05, 3.63) is 105 Å². The number of aryl methyl sites for hydroxylation is 4. The van der Waals surface area contributed by atoms with Gasteiger partial charge in [-0.2, -0.15) is 0 Å². The van der Waals surface area contributed by atoms with Gasteiger partial charge in [0.05, 0.1) is 5.02 Å². The Balaban J connectivity index is 1.22. The van der Waals surface area contributed by atoms with Crippen LogP contribution in [-0.4, -0.2) is 0 Å². The van der Waals surface area contributed by atoms with Crippen molar-refractivity contribution in [2.45, 2.75) is 71.1 Å². The van der Waals surface area contributed by atoms with Crippen LogP contribution in [-0.2, 0) is 25.7 Å². The van der Waals surface area contributed by atoms with E-state index >= 15 is 0 Å². The Bertz CT molecular complexity index is 1090. The van der Waals surface area contributed by atoms with E-state index in [4.69, 9.17) is 11.6 Å². The molecule has 3 aromatic carbocycles. The molecule has 0 bridgehead atoms. The van der Waals surface area contributed by atoms with Gasteiger partial charge in [0.1, 0.15) is 17.5 Å². The summed E-state index contributed by atoms with van der Waals surface area (Å²) in [5, 5.41) is 0.0474. The van der Waals surface area contributed by atoms with Crippen LogP contribution in [0.2, 0.25) is 5.02 Å². The van der Waals surface area contributed by atoms with Gasteiger partial charge in [0.2, 0.25) is 0 Å². The van der Waals surface area contributed by atoms with Gasteiger partial charge in [-0.15, -0.1) is 0 Å². The molecule has 3 aromatic rings. The lowest BCUT2D eigenvalue weighted by molar-refractivity contribution is 0.253. The Hall–Kier alpha value is -2.26. The molecule has 0 aliphatic heterocycles. The first-order chi connectivity index (χ1) is 16.9. The highest BCUT2D eigenvalue weighted by atomic mass is 35.5. The second kappa shape index (κ2) is 12.1. The first kappa shape index (κ1) is 25.8. The molecule has 0 spiro atoms. The quantitative estimate of drug-likeness (QED) is 0.276. The first-order valence-electron chi connectivity index (χ1n) is 12.8. The maximum Gasteiger partial charge on any atom is 0.142 e. The summed E-state index contributed by atoms with van der Waals surface area (Å²) in [6.45, 7) is 2.12. The normalized spacial score (nSPS) is 18.1. The molecule has 1 aliphatic carbocycles. The summed E-state index contributed by atoms with van der Waals surface area (Å²) in [7, 11) is 0. The highest BCUT2D eigenvalue weighted by molar-refractivity contribution is 6.30. The van der Waals surface area contributed by atoms with Crippen molar-refractivity contribution >= 4 is 11.6 Å². The smallest absolute Gasteiger partial charge is 0.142 e. The van der Waals surface area contributed by atoms with Crippen LogP contribution < -0.4 is 0 Å². The highest BCUT2D eigenvalue weighted by Gasteiger charge is 2.21. The predicted molar refractivity (Wildman–Crippen MR) is 138 cm³/mol. The molecular formula is C31H34ClF3. The zero-order valence-corrected chi connectivity index (χ0v) is 21.2. The molecule has 0 amide bonds. The molecule has 0 atom stereocenters. The Labute approximate surface area is 212 Å². The zero-order chi connectivity index (χ0) is 24.8. The molecule has 35 heavy (non-hydrogen) atoms. The summed E-state index contributed by atoms with van der Waals surface area (Å²) in [4.78, 5) is 0. The average molecular weight is 499 g/mol. The van der Waals surface area contributed by atoms with Crippen LogP contribution in [0.15, 0.2) is 54.6 Å². The van der Waals surface area contributed by atoms with Gasteiger partial charge in [0.15, 0.2) is 0 Å². The fraction of sp³-hybridized carbons (Fsp3) is 0.419. The monoisotopic (exact) mass is 498 g/mol. The topological polar surface area (TPSA) is 0 Å². The summed E-state index contributed by atoms with van der Waals surface area (Å²) >= 11 is 5.70. The van der Waals surface area contributed by atoms with E-state index in [1.54, 1.807) is 6.07 Å². The van der Waals surface area contributed by atoms with Crippen LogP contribution in [0.5, 0.6) is 0 Å². The van der Waals surface area contributed by atoms with Gasteiger partial charge in [0.25, 0.3) is 0 Å². The molecule has 186 valence electrons. The minimum Gasteiger partial charge on any atom is -0.207 e. The van der Waals surface area contributed by atoms with Crippen molar-refractivity contribution in [3.63, 3.8) is 0 Å². The van der Waals surface area contributed by atoms with Gasteiger partial charge in [0, 0.05) is 5.56 Å². The highest BCUT2D eigenvalue weighted by Crippen LogP contribution is 2.34. The van der Waals surface area contributed by atoms with Crippen molar-refractivity contribution in [2.24, 2.45) is 11.8 Å². The van der Waals surface area contributed by atoms with E-state index in [0.29, 0.717) is 24.3 Å². The van der Waals surface area contributed by atoms with Crippen LogP contribution >= 0.6 is 11.6 Å². The minimum absolute atomic E-state index is 0.0474. The molecule has 0 heterocycles. The van der Waals surface area contributed by atoms with Crippen molar-refractivity contribution in [3.8, 4) is 0 Å². The Kier molecular flexibility index (Phi) is 8.94. The summed E-state index contributed by atoms with van der Waals surface area (Å²) in [5.74, 6) is -0.101. The van der Waals surface area contributed by atoms with Crippen molar-refractivity contribution in [2.75, 3.05) is 0 Å². The Morgan fingerprint density at radius 3 is 1.71 bits per heavy atom. The van der Waals surface area contributed by atoms with Crippen LogP contribution in [0.25, 0.3) is 0 Å². The third-order valence-corrected chi connectivity index (χ3v) is 7.92. The molecule has 0 aromatic heterocycles. The fourth-order valence-electron chi connectivity index (χ4n) is 5.31. The van der Waals surface area contributed by atoms with E-state index < -0.39 is 17.5 Å². The van der Waals surface area contributed by atoms with Crippen LogP contribution in [0, 0.1) is 36.2 Å². The summed E-state index contributed by atoms with van der Waals surface area (Å²) < 4.78 is 43.0. The van der Waals surface area contributed by atoms with Crippen LogP contribution in [0.3, 0.4) is 0 Å². The van der Waals surface area contributed by atoms with Gasteiger partial charge in [-0.3, -0.25) is 0 Å². The van der Waals surface area contributed by atoms with Gasteiger partial charge >= 0.3 is 0 Å². The maximum atomic E-state index is 14.7. The number of rotatable bonds is 9. The lowest BCUT2D eigenvalue weighted by Gasteiger charge is -2.28. The van der Waals surface area contributed by atoms with Crippen LogP contribution in [0.1, 0.15) is 66.3 Å². The second-order valence-electron chi connectivity index (χ2n) is 10.2. The summed E-state index contributed by atoms with van der Waals surface area (Å²) in [5.41, 5.74) is 4.19. The predicted octanol–water partition coefficient (Wildman–Crippen LogP) is 9.22. The summed E-state index contributed by atoms with van der Waals surface area (Å²) in [6.07, 6.45) is 9.54. The number of halogens is 4. The summed E-state index contributed by atoms with van der Waals surface area (Å²) in [6, 6.07) is 16.3. The molecule has 0 radical (unpaired) electrons. The largest absolute Gasteiger partial charge is 0.207 e. The van der Waals surface area contributed by atoms with Gasteiger partial charge in [-0.1, -0.05) is 73.2 Å². The van der Waals surface area contributed by atoms with Gasteiger partial charge in [-0.25, -0.2) is 13.2 Å². The third-order valence-electron chi connectivity index (χ3n) is 7.62. The van der Waals surface area contributed by atoms with E-state index in [-0.39, 0.29) is 17.0 Å². The SMILES string of the molecule is Cc1ccc(CCC2CCC(CCc3cc(F)c(CCc4ccc(Cl)c(F)c4)c(F)c3)CC2)cc1. The van der Waals surface area contributed by atoms with Crippen molar-refractivity contribution in [1.29, 1.82) is 0 Å². The standard InChI is InChI=1S/C31H34ClF3/c1-21-2-4-22(5-3-21)6-7-23-8-10-24(11-9-23)12-13-26-19-29(33)27(30(34)20-26)16-14-25-15-17-28(32)31(35)18-25/h2-5,15,17-20,23-24H,6-14,16H2,1H3. The van der Waals surface area contributed by atoms with Gasteiger partial charge < -0.3 is 0 Å². The molecule has 0 nitrogen and oxygen atoms in total. The van der Waals surface area contributed by atoms with E-state index in [1.165, 1.54) is 67.5 Å². The molecule has 0 unspecified atom stereocenters. The lowest BCUT2D eigenvalue weighted by Crippen LogP contribution is -2.16. The molecule has 0 N–H and O–H groups in total. The molecule has 4 heteroatoms. The van der Waals surface area contributed by atoms with E-state index in [1.807, 2.05) is 0 Å². The number of benzene rings is 3. The van der Waals surface area contributed by atoms with Crippen molar-refractivity contribution < 1.29 is 13.2 Å². The van der Waals surface area contributed by atoms with Gasteiger partial charge in [-0.05, 0) is 98.2 Å². The molecule has 0 saturated heterocycles. The molecule has 1 aliphatic rings. The molecular weight excluding hydrogens is 465 g/mol. The fourth-order valence-corrected chi connectivity index (χ4v) is 5.43. The average Bonchev–Trinajstić information content (AvgIpc) is 2.84. The zero-order valence-electron chi connectivity index (χ0n) is 20.4. The minimum atomic E-state index is -0.513. The third kappa shape index (κ3) is 7.36. The van der Waals surface area contributed by atoms with Crippen molar-refractivity contribution in [1.82, 2.24) is 0 Å². The van der Waals surface area contributed by atoms with E-state index in [0.717, 1.165) is 24.3 Å².